The number of aromatic nitrogens is 2. The molecule has 0 saturated carbocycles. The fraction of sp³-hybridized carbons (Fsp3) is 0.441. The van der Waals surface area contributed by atoms with E-state index in [0.29, 0.717) is 25.1 Å². The minimum absolute atomic E-state index is 0.0492. The van der Waals surface area contributed by atoms with E-state index in [1.807, 2.05) is 36.5 Å². The molecule has 0 aliphatic carbocycles. The molecule has 0 aliphatic heterocycles. The molecule has 8 amide bonds. The summed E-state index contributed by atoms with van der Waals surface area (Å²) in [6.45, 7) is 0.791. The van der Waals surface area contributed by atoms with E-state index < -0.39 is 41.9 Å². The number of para-hydroxylation sites is 1. The Bertz CT molecular complexity index is 1620. The summed E-state index contributed by atoms with van der Waals surface area (Å²) in [5.74, 6) is -1.65. The number of nitrogens with two attached hydrogens (primary N) is 2. The molecule has 3 rings (SSSR count). The molecule has 0 spiro atoms. The second-order valence-corrected chi connectivity index (χ2v) is 12.4. The molecule has 0 bridgehead atoms. The van der Waals surface area contributed by atoms with Crippen molar-refractivity contribution >= 4 is 59.2 Å². The smallest absolute Gasteiger partial charge is 0.312 e. The van der Waals surface area contributed by atoms with E-state index >= 15 is 0 Å². The van der Waals surface area contributed by atoms with Gasteiger partial charge in [0.1, 0.15) is 12.1 Å². The fourth-order valence-corrected chi connectivity index (χ4v) is 5.49. The first-order valence-electron chi connectivity index (χ1n) is 17.0. The van der Waals surface area contributed by atoms with E-state index in [0.717, 1.165) is 22.0 Å². The molecule has 2 atom stereocenters. The summed E-state index contributed by atoms with van der Waals surface area (Å²) >= 11 is 4.11. The molecule has 0 fully saturated rings. The molecule has 11 N–H and O–H groups in total. The SMILES string of the molecule is NC(=O)NCCCC(NC(=O)CN(CCc1c[nH]c2ccccc12)C(=O)CNCc1cccnc1)C(=O)N[C@@H](CCCNC(N)=O)C(=O)NCCS. The summed E-state index contributed by atoms with van der Waals surface area (Å²) in [4.78, 5) is 84.7. The van der Waals surface area contributed by atoms with Crippen LogP contribution in [0.3, 0.4) is 0 Å². The maximum Gasteiger partial charge on any atom is 0.312 e. The molecule has 2 heterocycles. The largest absolute Gasteiger partial charge is 0.361 e. The average molecular weight is 740 g/mol. The number of H-pyrrole nitrogens is 1. The number of fused-ring (bicyclic) bond motifs is 1. The predicted molar refractivity (Wildman–Crippen MR) is 199 cm³/mol. The van der Waals surface area contributed by atoms with Crippen LogP contribution in [0, 0.1) is 0 Å². The zero-order chi connectivity index (χ0) is 37.7. The standard InChI is InChI=1S/C34H49N11O6S/c35-33(50)40-13-4-9-27(31(48)39-15-17-52)44-32(49)28(10-5-14-41-34(36)51)43-29(46)22-45(30(47)21-38-19-23-6-3-12-37-18-23)16-11-24-20-42-26-8-2-1-7-25(24)26/h1-3,6-8,12,18,20,27-28,38,42,52H,4-5,9-11,13-17,19,21-22H2,(H,39,48)(H,43,46)(H,44,49)(H3,35,40,50)(H3,36,41,51)/t27-,28?/m0/s1. The van der Waals surface area contributed by atoms with Gasteiger partial charge < -0.3 is 53.3 Å². The number of aromatic amines is 1. The number of nitrogens with zero attached hydrogens (tertiary/aromatic N) is 2. The van der Waals surface area contributed by atoms with Gasteiger partial charge in [0.15, 0.2) is 0 Å². The van der Waals surface area contributed by atoms with Gasteiger partial charge in [-0.3, -0.25) is 24.2 Å². The summed E-state index contributed by atoms with van der Waals surface area (Å²) in [7, 11) is 0. The van der Waals surface area contributed by atoms with Crippen LogP contribution in [-0.4, -0.2) is 108 Å². The second-order valence-electron chi connectivity index (χ2n) is 12.0. The molecule has 2 aromatic heterocycles. The Labute approximate surface area is 307 Å². The van der Waals surface area contributed by atoms with Crippen LogP contribution in [0.2, 0.25) is 0 Å². The highest BCUT2D eigenvalue weighted by atomic mass is 32.1. The first kappa shape index (κ1) is 41.1. The Balaban J connectivity index is 1.73. The molecule has 0 saturated heterocycles. The maximum absolute atomic E-state index is 13.6. The predicted octanol–water partition coefficient (Wildman–Crippen LogP) is -0.364. The van der Waals surface area contributed by atoms with Gasteiger partial charge in [0.05, 0.1) is 13.1 Å². The highest BCUT2D eigenvalue weighted by Gasteiger charge is 2.28. The van der Waals surface area contributed by atoms with Crippen molar-refractivity contribution in [3.8, 4) is 0 Å². The zero-order valence-electron chi connectivity index (χ0n) is 29.0. The lowest BCUT2D eigenvalue weighted by Crippen LogP contribution is -2.55. The normalized spacial score (nSPS) is 11.9. The average Bonchev–Trinajstić information content (AvgIpc) is 3.54. The van der Waals surface area contributed by atoms with Crippen molar-refractivity contribution in [1.82, 2.24) is 46.8 Å². The van der Waals surface area contributed by atoms with Crippen LogP contribution in [0.5, 0.6) is 0 Å². The summed E-state index contributed by atoms with van der Waals surface area (Å²) in [5, 5.41) is 17.1. The topological polar surface area (TPSA) is 259 Å². The van der Waals surface area contributed by atoms with Crippen LogP contribution in [0.15, 0.2) is 55.0 Å². The van der Waals surface area contributed by atoms with Gasteiger partial charge in [0.2, 0.25) is 23.6 Å². The van der Waals surface area contributed by atoms with E-state index in [4.69, 9.17) is 11.5 Å². The molecule has 1 aromatic carbocycles. The van der Waals surface area contributed by atoms with Gasteiger partial charge in [0.25, 0.3) is 0 Å². The third kappa shape index (κ3) is 14.9. The van der Waals surface area contributed by atoms with E-state index in [9.17, 15) is 28.8 Å². The number of amides is 8. The Hall–Kier alpha value is -5.36. The van der Waals surface area contributed by atoms with Crippen LogP contribution in [0.25, 0.3) is 10.9 Å². The van der Waals surface area contributed by atoms with Crippen molar-refractivity contribution in [3.05, 3.63) is 66.1 Å². The van der Waals surface area contributed by atoms with Crippen molar-refractivity contribution in [2.45, 2.75) is 50.7 Å². The molecule has 3 aromatic rings. The Kier molecular flexibility index (Phi) is 17.7. The first-order valence-corrected chi connectivity index (χ1v) is 17.7. The third-order valence-electron chi connectivity index (χ3n) is 7.97. The molecule has 17 nitrogen and oxygen atoms in total. The van der Waals surface area contributed by atoms with E-state index in [1.165, 1.54) is 4.90 Å². The number of pyridine rings is 1. The van der Waals surface area contributed by atoms with Gasteiger partial charge in [-0.1, -0.05) is 24.3 Å². The lowest BCUT2D eigenvalue weighted by atomic mass is 10.1. The number of carbonyl (C=O) groups is 6. The fourth-order valence-electron chi connectivity index (χ4n) is 5.38. The van der Waals surface area contributed by atoms with E-state index in [2.05, 4.69) is 54.5 Å². The highest BCUT2D eigenvalue weighted by Crippen LogP contribution is 2.18. The minimum Gasteiger partial charge on any atom is -0.361 e. The van der Waals surface area contributed by atoms with E-state index in [1.54, 1.807) is 18.5 Å². The molecule has 0 aliphatic rings. The summed E-state index contributed by atoms with van der Waals surface area (Å²) in [5.41, 5.74) is 13.1. The van der Waals surface area contributed by atoms with Crippen molar-refractivity contribution in [2.75, 3.05) is 45.0 Å². The Morgan fingerprint density at radius 2 is 1.54 bits per heavy atom. The van der Waals surface area contributed by atoms with Crippen LogP contribution in [0.1, 0.15) is 36.8 Å². The number of rotatable bonds is 23. The lowest BCUT2D eigenvalue weighted by molar-refractivity contribution is -0.137. The highest BCUT2D eigenvalue weighted by molar-refractivity contribution is 7.80. The molecular formula is C34H49N11O6S. The Morgan fingerprint density at radius 1 is 0.846 bits per heavy atom. The number of thiol groups is 1. The van der Waals surface area contributed by atoms with Crippen LogP contribution >= 0.6 is 12.6 Å². The van der Waals surface area contributed by atoms with Gasteiger partial charge in [0, 0.05) is 68.0 Å². The van der Waals surface area contributed by atoms with E-state index in [-0.39, 0.29) is 64.4 Å². The summed E-state index contributed by atoms with van der Waals surface area (Å²) in [6.07, 6.45) is 6.52. The number of hydrogen-bond donors (Lipinski definition) is 10. The minimum atomic E-state index is -1.12. The maximum atomic E-state index is 13.6. The van der Waals surface area contributed by atoms with Crippen molar-refractivity contribution < 1.29 is 28.8 Å². The van der Waals surface area contributed by atoms with Crippen LogP contribution in [-0.2, 0) is 32.1 Å². The molecule has 1 unspecified atom stereocenters. The van der Waals surface area contributed by atoms with Crippen molar-refractivity contribution in [1.29, 1.82) is 0 Å². The number of nitrogens with one attached hydrogen (secondary N) is 7. The number of urea groups is 2. The van der Waals surface area contributed by atoms with Gasteiger partial charge in [-0.25, -0.2) is 9.59 Å². The summed E-state index contributed by atoms with van der Waals surface area (Å²) in [6, 6.07) is 7.88. The zero-order valence-corrected chi connectivity index (χ0v) is 29.9. The first-order chi connectivity index (χ1) is 25.1. The van der Waals surface area contributed by atoms with Crippen molar-refractivity contribution in [3.63, 3.8) is 0 Å². The second kappa shape index (κ2) is 22.5. The van der Waals surface area contributed by atoms with Crippen LogP contribution in [0.4, 0.5) is 9.59 Å². The lowest BCUT2D eigenvalue weighted by Gasteiger charge is -2.26. The van der Waals surface area contributed by atoms with Gasteiger partial charge in [-0.05, 0) is 55.4 Å². The summed E-state index contributed by atoms with van der Waals surface area (Å²) < 4.78 is 0. The molecule has 52 heavy (non-hydrogen) atoms. The molecule has 18 heteroatoms. The molecule has 0 radical (unpaired) electrons. The monoisotopic (exact) mass is 739 g/mol. The Morgan fingerprint density at radius 3 is 2.19 bits per heavy atom. The van der Waals surface area contributed by atoms with Crippen molar-refractivity contribution in [2.24, 2.45) is 11.5 Å². The number of hydrogen-bond acceptors (Lipinski definition) is 9. The number of benzene rings is 1. The van der Waals surface area contributed by atoms with Gasteiger partial charge in [-0.15, -0.1) is 0 Å². The quantitative estimate of drug-likeness (QED) is 0.0453. The van der Waals surface area contributed by atoms with Gasteiger partial charge >= 0.3 is 12.1 Å². The van der Waals surface area contributed by atoms with Crippen LogP contribution < -0.4 is 43.4 Å². The number of primary amides is 2. The third-order valence-corrected chi connectivity index (χ3v) is 8.20. The number of carbonyl (C=O) groups excluding carboxylic acids is 6. The molecular weight excluding hydrogens is 691 g/mol. The van der Waals surface area contributed by atoms with Gasteiger partial charge in [-0.2, -0.15) is 12.6 Å². The molecule has 282 valence electrons.